The summed E-state index contributed by atoms with van der Waals surface area (Å²) >= 11 is 0. The number of anilines is 1. The van der Waals surface area contributed by atoms with Crippen molar-refractivity contribution in [2.75, 3.05) is 5.32 Å². The summed E-state index contributed by atoms with van der Waals surface area (Å²) < 4.78 is 39.6. The predicted octanol–water partition coefficient (Wildman–Crippen LogP) is 2.66. The summed E-state index contributed by atoms with van der Waals surface area (Å²) in [6, 6.07) is 3.55. The normalized spacial score (nSPS) is 10.2. The quantitative estimate of drug-likeness (QED) is 0.536. The van der Waals surface area contributed by atoms with Gasteiger partial charge in [0.2, 0.25) is 11.8 Å². The Morgan fingerprint density at radius 1 is 1.24 bits per heavy atom. The standard InChI is InChI=1S/C12H6F3N3O3/c13-8-5-6(1-2-9(8)18(20)21)17-12(19)7-3-4-16-11(15)10(7)14/h1-5H,(H,17,19). The molecule has 1 amide bonds. The molecule has 0 aliphatic rings. The first-order valence-corrected chi connectivity index (χ1v) is 5.45. The van der Waals surface area contributed by atoms with E-state index in [2.05, 4.69) is 10.3 Å². The average Bonchev–Trinajstić information content (AvgIpc) is 2.41. The number of nitro groups is 1. The van der Waals surface area contributed by atoms with Gasteiger partial charge in [-0.3, -0.25) is 14.9 Å². The third-order valence-electron chi connectivity index (χ3n) is 2.49. The van der Waals surface area contributed by atoms with Gasteiger partial charge in [0.15, 0.2) is 5.82 Å². The van der Waals surface area contributed by atoms with E-state index in [1.165, 1.54) is 0 Å². The van der Waals surface area contributed by atoms with Crippen molar-refractivity contribution in [2.24, 2.45) is 0 Å². The van der Waals surface area contributed by atoms with E-state index in [1.54, 1.807) is 0 Å². The molecule has 108 valence electrons. The largest absolute Gasteiger partial charge is 0.322 e. The van der Waals surface area contributed by atoms with Crippen LogP contribution in [0.15, 0.2) is 30.5 Å². The molecule has 1 aromatic carbocycles. The Kier molecular flexibility index (Phi) is 3.83. The maximum absolute atomic E-state index is 13.4. The Morgan fingerprint density at radius 3 is 2.57 bits per heavy atom. The van der Waals surface area contributed by atoms with E-state index in [0.717, 1.165) is 24.4 Å². The van der Waals surface area contributed by atoms with Crippen LogP contribution in [0.25, 0.3) is 0 Å². The number of halogens is 3. The molecule has 0 radical (unpaired) electrons. The maximum Gasteiger partial charge on any atom is 0.304 e. The van der Waals surface area contributed by atoms with E-state index < -0.39 is 39.7 Å². The van der Waals surface area contributed by atoms with Crippen molar-refractivity contribution < 1.29 is 22.9 Å². The third-order valence-corrected chi connectivity index (χ3v) is 2.49. The van der Waals surface area contributed by atoms with Crippen LogP contribution in [0, 0.1) is 27.7 Å². The summed E-state index contributed by atoms with van der Waals surface area (Å²) in [5.74, 6) is -5.10. The first-order valence-electron chi connectivity index (χ1n) is 5.45. The van der Waals surface area contributed by atoms with Gasteiger partial charge in [-0.15, -0.1) is 0 Å². The van der Waals surface area contributed by atoms with Crippen molar-refractivity contribution in [2.45, 2.75) is 0 Å². The van der Waals surface area contributed by atoms with Crippen molar-refractivity contribution >= 4 is 17.3 Å². The zero-order chi connectivity index (χ0) is 15.6. The van der Waals surface area contributed by atoms with E-state index in [4.69, 9.17) is 0 Å². The number of benzene rings is 1. The highest BCUT2D eigenvalue weighted by atomic mass is 19.2. The van der Waals surface area contributed by atoms with Gasteiger partial charge in [-0.1, -0.05) is 0 Å². The number of amides is 1. The second-order valence-electron chi connectivity index (χ2n) is 3.84. The minimum absolute atomic E-state index is 0.139. The topological polar surface area (TPSA) is 85.1 Å². The van der Waals surface area contributed by atoms with Gasteiger partial charge in [-0.05, 0) is 12.1 Å². The molecule has 1 heterocycles. The summed E-state index contributed by atoms with van der Waals surface area (Å²) in [5.41, 5.74) is -1.53. The molecule has 0 spiro atoms. The zero-order valence-corrected chi connectivity index (χ0v) is 10.1. The number of pyridine rings is 1. The highest BCUT2D eigenvalue weighted by molar-refractivity contribution is 6.04. The van der Waals surface area contributed by atoms with E-state index >= 15 is 0 Å². The highest BCUT2D eigenvalue weighted by Crippen LogP contribution is 2.21. The third kappa shape index (κ3) is 2.96. The van der Waals surface area contributed by atoms with E-state index in [1.807, 2.05) is 0 Å². The van der Waals surface area contributed by atoms with E-state index in [0.29, 0.717) is 6.07 Å². The molecule has 0 saturated heterocycles. The molecule has 2 rings (SSSR count). The summed E-state index contributed by atoms with van der Waals surface area (Å²) in [7, 11) is 0. The van der Waals surface area contributed by atoms with Gasteiger partial charge < -0.3 is 5.32 Å². The zero-order valence-electron chi connectivity index (χ0n) is 10.1. The second-order valence-corrected chi connectivity index (χ2v) is 3.84. The number of rotatable bonds is 3. The molecule has 0 aliphatic heterocycles. The van der Waals surface area contributed by atoms with Gasteiger partial charge in [-0.2, -0.15) is 8.78 Å². The lowest BCUT2D eigenvalue weighted by atomic mass is 10.2. The van der Waals surface area contributed by atoms with Gasteiger partial charge in [0, 0.05) is 24.0 Å². The SMILES string of the molecule is O=C(Nc1ccc([N+](=O)[O-])c(F)c1)c1ccnc(F)c1F. The molecule has 0 aliphatic carbocycles. The first kappa shape index (κ1) is 14.4. The van der Waals surface area contributed by atoms with Crippen LogP contribution >= 0.6 is 0 Å². The first-order chi connectivity index (χ1) is 9.90. The van der Waals surface area contributed by atoms with Gasteiger partial charge in [0.25, 0.3) is 5.91 Å². The number of nitrogens with one attached hydrogen (secondary N) is 1. The summed E-state index contributed by atoms with van der Waals surface area (Å²) in [5, 5.41) is 12.5. The molecule has 0 fully saturated rings. The fourth-order valence-corrected chi connectivity index (χ4v) is 1.52. The molecular formula is C12H6F3N3O3. The van der Waals surface area contributed by atoms with Crippen LogP contribution in [-0.2, 0) is 0 Å². The minimum atomic E-state index is -1.45. The second kappa shape index (κ2) is 5.57. The predicted molar refractivity (Wildman–Crippen MR) is 65.2 cm³/mol. The number of carbonyl (C=O) groups is 1. The van der Waals surface area contributed by atoms with Crippen LogP contribution in [0.1, 0.15) is 10.4 Å². The van der Waals surface area contributed by atoms with Crippen LogP contribution in [0.3, 0.4) is 0 Å². The molecule has 0 saturated carbocycles. The lowest BCUT2D eigenvalue weighted by Crippen LogP contribution is -2.15. The fourth-order valence-electron chi connectivity index (χ4n) is 1.52. The molecule has 6 nitrogen and oxygen atoms in total. The van der Waals surface area contributed by atoms with Crippen molar-refractivity contribution in [1.29, 1.82) is 0 Å². The number of nitro benzene ring substituents is 1. The van der Waals surface area contributed by atoms with Crippen LogP contribution < -0.4 is 5.32 Å². The fraction of sp³-hybridized carbons (Fsp3) is 0. The number of carbonyl (C=O) groups excluding carboxylic acids is 1. The van der Waals surface area contributed by atoms with Crippen molar-refractivity contribution in [1.82, 2.24) is 4.98 Å². The molecule has 21 heavy (non-hydrogen) atoms. The molecule has 2 aromatic rings. The Bertz CT molecular complexity index is 737. The van der Waals surface area contributed by atoms with Gasteiger partial charge in [-0.25, -0.2) is 9.37 Å². The molecule has 0 bridgehead atoms. The molecule has 0 unspecified atom stereocenters. The Balaban J connectivity index is 2.26. The summed E-state index contributed by atoms with van der Waals surface area (Å²) in [6.07, 6.45) is 0.893. The van der Waals surface area contributed by atoms with Gasteiger partial charge >= 0.3 is 5.69 Å². The summed E-state index contributed by atoms with van der Waals surface area (Å²) in [6.45, 7) is 0. The molecule has 9 heteroatoms. The number of nitrogens with zero attached hydrogens (tertiary/aromatic N) is 2. The van der Waals surface area contributed by atoms with Crippen LogP contribution in [0.5, 0.6) is 0 Å². The average molecular weight is 297 g/mol. The lowest BCUT2D eigenvalue weighted by molar-refractivity contribution is -0.387. The maximum atomic E-state index is 13.4. The number of aromatic nitrogens is 1. The molecular weight excluding hydrogens is 291 g/mol. The van der Waals surface area contributed by atoms with Crippen molar-refractivity contribution in [3.63, 3.8) is 0 Å². The van der Waals surface area contributed by atoms with E-state index in [-0.39, 0.29) is 5.69 Å². The van der Waals surface area contributed by atoms with Crippen molar-refractivity contribution in [3.05, 3.63) is 63.7 Å². The number of hydrogen-bond donors (Lipinski definition) is 1. The molecule has 0 atom stereocenters. The Labute approximate surface area is 115 Å². The smallest absolute Gasteiger partial charge is 0.304 e. The lowest BCUT2D eigenvalue weighted by Gasteiger charge is -2.06. The van der Waals surface area contributed by atoms with Crippen molar-refractivity contribution in [3.8, 4) is 0 Å². The van der Waals surface area contributed by atoms with Gasteiger partial charge in [0.1, 0.15) is 0 Å². The van der Waals surface area contributed by atoms with Crippen LogP contribution in [-0.4, -0.2) is 15.8 Å². The highest BCUT2D eigenvalue weighted by Gasteiger charge is 2.18. The van der Waals surface area contributed by atoms with Crippen LogP contribution in [0.4, 0.5) is 24.5 Å². The number of hydrogen-bond acceptors (Lipinski definition) is 4. The Hall–Kier alpha value is -2.97. The van der Waals surface area contributed by atoms with E-state index in [9.17, 15) is 28.1 Å². The molecule has 1 aromatic heterocycles. The minimum Gasteiger partial charge on any atom is -0.322 e. The summed E-state index contributed by atoms with van der Waals surface area (Å²) in [4.78, 5) is 24.2. The molecule has 1 N–H and O–H groups in total. The Morgan fingerprint density at radius 2 is 1.95 bits per heavy atom. The van der Waals surface area contributed by atoms with Gasteiger partial charge in [0.05, 0.1) is 10.5 Å². The monoisotopic (exact) mass is 297 g/mol. The van der Waals surface area contributed by atoms with Crippen LogP contribution in [0.2, 0.25) is 0 Å².